The van der Waals surface area contributed by atoms with E-state index in [2.05, 4.69) is 10.6 Å². The van der Waals surface area contributed by atoms with Gasteiger partial charge in [-0.15, -0.1) is 23.7 Å². The predicted octanol–water partition coefficient (Wildman–Crippen LogP) is 3.50. The minimum absolute atomic E-state index is 0. The lowest BCUT2D eigenvalue weighted by Crippen LogP contribution is -2.38. The van der Waals surface area contributed by atoms with Gasteiger partial charge in [0.15, 0.2) is 0 Å². The summed E-state index contributed by atoms with van der Waals surface area (Å²) in [4.78, 5) is 12.9. The van der Waals surface area contributed by atoms with E-state index in [1.165, 1.54) is 23.5 Å². The molecule has 2 N–H and O–H groups in total. The van der Waals surface area contributed by atoms with Gasteiger partial charge in [-0.05, 0) is 49.5 Å². The van der Waals surface area contributed by atoms with Crippen LogP contribution >= 0.6 is 23.7 Å². The van der Waals surface area contributed by atoms with E-state index in [-0.39, 0.29) is 30.2 Å². The van der Waals surface area contributed by atoms with Gasteiger partial charge in [0.2, 0.25) is 0 Å². The Labute approximate surface area is 134 Å². The van der Waals surface area contributed by atoms with Crippen molar-refractivity contribution >= 4 is 39.7 Å². The first-order valence-corrected chi connectivity index (χ1v) is 7.54. The summed E-state index contributed by atoms with van der Waals surface area (Å²) in [7, 11) is 0. The molecule has 0 aliphatic carbocycles. The summed E-state index contributed by atoms with van der Waals surface area (Å²) < 4.78 is 14.2. The first kappa shape index (κ1) is 17.9. The fourth-order valence-electron chi connectivity index (χ4n) is 2.16. The standard InChI is InChI=1S/C15H19FN2OS.ClH/c1-4-17-9(2)8-18-15(19)14-10(3)12-7-11(16)5-6-13(12)20-14;/h5-7,9,17H,4,8H2,1-3H3,(H,18,19);1H/t9-;/m1./s1. The molecule has 0 saturated carbocycles. The first-order chi connectivity index (χ1) is 9.52. The topological polar surface area (TPSA) is 41.1 Å². The highest BCUT2D eigenvalue weighted by atomic mass is 35.5. The molecule has 3 nitrogen and oxygen atoms in total. The van der Waals surface area contributed by atoms with E-state index >= 15 is 0 Å². The summed E-state index contributed by atoms with van der Waals surface area (Å²) >= 11 is 1.41. The first-order valence-electron chi connectivity index (χ1n) is 6.73. The molecule has 2 rings (SSSR count). The molecule has 1 aromatic heterocycles. The predicted molar refractivity (Wildman–Crippen MR) is 89.2 cm³/mol. The molecule has 0 saturated heterocycles. The van der Waals surface area contributed by atoms with E-state index in [1.54, 1.807) is 6.07 Å². The van der Waals surface area contributed by atoms with E-state index in [4.69, 9.17) is 0 Å². The number of amides is 1. The molecule has 2 aromatic rings. The van der Waals surface area contributed by atoms with E-state index in [0.717, 1.165) is 22.2 Å². The molecular formula is C15H20ClFN2OS. The van der Waals surface area contributed by atoms with Crippen molar-refractivity contribution in [3.63, 3.8) is 0 Å². The largest absolute Gasteiger partial charge is 0.350 e. The molecule has 1 aromatic carbocycles. The maximum absolute atomic E-state index is 13.3. The van der Waals surface area contributed by atoms with Gasteiger partial charge >= 0.3 is 0 Å². The van der Waals surface area contributed by atoms with Crippen LogP contribution in [0.2, 0.25) is 0 Å². The van der Waals surface area contributed by atoms with Crippen molar-refractivity contribution in [2.24, 2.45) is 0 Å². The van der Waals surface area contributed by atoms with Gasteiger partial charge in [0.25, 0.3) is 5.91 Å². The van der Waals surface area contributed by atoms with Crippen molar-refractivity contribution in [2.45, 2.75) is 26.8 Å². The third-order valence-electron chi connectivity index (χ3n) is 3.23. The van der Waals surface area contributed by atoms with Crippen molar-refractivity contribution in [2.75, 3.05) is 13.1 Å². The molecule has 1 amide bonds. The van der Waals surface area contributed by atoms with Gasteiger partial charge in [0.1, 0.15) is 5.82 Å². The van der Waals surface area contributed by atoms with Gasteiger partial charge in [0, 0.05) is 17.3 Å². The van der Waals surface area contributed by atoms with Gasteiger partial charge in [0.05, 0.1) is 4.88 Å². The Morgan fingerprint density at radius 3 is 2.81 bits per heavy atom. The molecule has 6 heteroatoms. The Morgan fingerprint density at radius 1 is 1.43 bits per heavy atom. The van der Waals surface area contributed by atoms with Gasteiger partial charge in [-0.25, -0.2) is 4.39 Å². The Hall–Kier alpha value is -1.17. The van der Waals surface area contributed by atoms with Gasteiger partial charge < -0.3 is 10.6 Å². The van der Waals surface area contributed by atoms with Crippen LogP contribution < -0.4 is 10.6 Å². The molecule has 0 bridgehead atoms. The molecule has 0 unspecified atom stereocenters. The minimum atomic E-state index is -0.272. The van der Waals surface area contributed by atoms with Gasteiger partial charge in [-0.1, -0.05) is 6.92 Å². The fourth-order valence-corrected chi connectivity index (χ4v) is 3.26. The highest BCUT2D eigenvalue weighted by Crippen LogP contribution is 2.31. The zero-order valence-corrected chi connectivity index (χ0v) is 14.0. The maximum atomic E-state index is 13.3. The fraction of sp³-hybridized carbons (Fsp3) is 0.400. The highest BCUT2D eigenvalue weighted by Gasteiger charge is 2.16. The zero-order valence-electron chi connectivity index (χ0n) is 12.3. The van der Waals surface area contributed by atoms with Crippen LogP contribution in [0.25, 0.3) is 10.1 Å². The number of likely N-dealkylation sites (N-methyl/N-ethyl adjacent to an activating group) is 1. The van der Waals surface area contributed by atoms with Crippen molar-refractivity contribution in [3.05, 3.63) is 34.5 Å². The molecule has 0 spiro atoms. The Kier molecular flexibility index (Phi) is 6.58. The Bertz CT molecular complexity index is 629. The summed E-state index contributed by atoms with van der Waals surface area (Å²) in [6.07, 6.45) is 0. The number of hydrogen-bond donors (Lipinski definition) is 2. The average molecular weight is 331 g/mol. The van der Waals surface area contributed by atoms with Crippen molar-refractivity contribution in [1.29, 1.82) is 0 Å². The summed E-state index contributed by atoms with van der Waals surface area (Å²) in [6, 6.07) is 4.86. The molecule has 0 radical (unpaired) electrons. The quantitative estimate of drug-likeness (QED) is 0.881. The van der Waals surface area contributed by atoms with Gasteiger partial charge in [-0.3, -0.25) is 4.79 Å². The van der Waals surface area contributed by atoms with E-state index in [1.807, 2.05) is 20.8 Å². The number of carbonyl (C=O) groups excluding carboxylic acids is 1. The maximum Gasteiger partial charge on any atom is 0.261 e. The van der Waals surface area contributed by atoms with Crippen LogP contribution in [-0.4, -0.2) is 25.0 Å². The number of carbonyl (C=O) groups is 1. The normalized spacial score (nSPS) is 12.0. The van der Waals surface area contributed by atoms with Crippen LogP contribution in [0, 0.1) is 12.7 Å². The Morgan fingerprint density at radius 2 is 2.14 bits per heavy atom. The number of hydrogen-bond acceptors (Lipinski definition) is 3. The van der Waals surface area contributed by atoms with Crippen molar-refractivity contribution < 1.29 is 9.18 Å². The monoisotopic (exact) mass is 330 g/mol. The van der Waals surface area contributed by atoms with Crippen molar-refractivity contribution in [3.8, 4) is 0 Å². The lowest BCUT2D eigenvalue weighted by molar-refractivity contribution is 0.0954. The van der Waals surface area contributed by atoms with Crippen molar-refractivity contribution in [1.82, 2.24) is 10.6 Å². The van der Waals surface area contributed by atoms with Crippen LogP contribution in [0.15, 0.2) is 18.2 Å². The summed E-state index contributed by atoms with van der Waals surface area (Å²) in [5.41, 5.74) is 0.845. The number of rotatable bonds is 5. The summed E-state index contributed by atoms with van der Waals surface area (Å²) in [5, 5.41) is 6.97. The molecular weight excluding hydrogens is 311 g/mol. The molecule has 0 aliphatic heterocycles. The third-order valence-corrected chi connectivity index (χ3v) is 4.50. The van der Waals surface area contributed by atoms with E-state index in [9.17, 15) is 9.18 Å². The van der Waals surface area contributed by atoms with Crippen LogP contribution in [0.1, 0.15) is 29.1 Å². The third kappa shape index (κ3) is 4.15. The number of nitrogens with one attached hydrogen (secondary N) is 2. The smallest absolute Gasteiger partial charge is 0.261 e. The summed E-state index contributed by atoms with van der Waals surface area (Å²) in [5.74, 6) is -0.361. The van der Waals surface area contributed by atoms with E-state index < -0.39 is 0 Å². The lowest BCUT2D eigenvalue weighted by Gasteiger charge is -2.12. The molecule has 0 fully saturated rings. The number of benzene rings is 1. The number of thiophene rings is 1. The Balaban J connectivity index is 0.00000220. The molecule has 1 heterocycles. The number of aryl methyl sites for hydroxylation is 1. The lowest BCUT2D eigenvalue weighted by atomic mass is 10.1. The van der Waals surface area contributed by atoms with E-state index in [0.29, 0.717) is 11.4 Å². The highest BCUT2D eigenvalue weighted by molar-refractivity contribution is 7.21. The molecule has 116 valence electrons. The van der Waals surface area contributed by atoms with Crippen LogP contribution in [0.5, 0.6) is 0 Å². The van der Waals surface area contributed by atoms with Crippen LogP contribution in [0.3, 0.4) is 0 Å². The van der Waals surface area contributed by atoms with Crippen LogP contribution in [-0.2, 0) is 0 Å². The number of halogens is 2. The molecule has 0 aliphatic rings. The number of fused-ring (bicyclic) bond motifs is 1. The molecule has 21 heavy (non-hydrogen) atoms. The summed E-state index contributed by atoms with van der Waals surface area (Å²) in [6.45, 7) is 7.37. The minimum Gasteiger partial charge on any atom is -0.350 e. The van der Waals surface area contributed by atoms with Crippen LogP contribution in [0.4, 0.5) is 4.39 Å². The van der Waals surface area contributed by atoms with Gasteiger partial charge in [-0.2, -0.15) is 0 Å². The molecule has 1 atom stereocenters. The zero-order chi connectivity index (χ0) is 14.7. The second-order valence-electron chi connectivity index (χ2n) is 4.87. The SMILES string of the molecule is CCN[C@H](C)CNC(=O)c1sc2ccc(F)cc2c1C.Cl. The second-order valence-corrected chi connectivity index (χ2v) is 5.92. The second kappa shape index (κ2) is 7.73. The average Bonchev–Trinajstić information content (AvgIpc) is 2.74.